The van der Waals surface area contributed by atoms with E-state index in [9.17, 15) is 4.79 Å². The first kappa shape index (κ1) is 11.2. The Balaban J connectivity index is 3.87. The van der Waals surface area contributed by atoms with Crippen LogP contribution in [0.25, 0.3) is 0 Å². The van der Waals surface area contributed by atoms with Gasteiger partial charge in [-0.1, -0.05) is 6.58 Å². The second-order valence-corrected chi connectivity index (χ2v) is 3.37. The van der Waals surface area contributed by atoms with E-state index in [4.69, 9.17) is 4.74 Å². The molecule has 0 unspecified atom stereocenters. The minimum atomic E-state index is -0.149. The largest absolute Gasteiger partial charge is 0.462 e. The van der Waals surface area contributed by atoms with Gasteiger partial charge in [-0.3, -0.25) is 0 Å². The molecule has 0 aromatic carbocycles. The number of quaternary nitrogens is 1. The fraction of sp³-hybridized carbons (Fsp3) is 0.667. The number of hydrogen-bond donors (Lipinski definition) is 0. The Labute approximate surface area is 74.2 Å². The topological polar surface area (TPSA) is 26.3 Å². The highest BCUT2D eigenvalue weighted by Crippen LogP contribution is 1.97. The molecule has 0 aliphatic rings. The Kier molecular flexibility index (Phi) is 4.59. The van der Waals surface area contributed by atoms with Crippen LogP contribution in [0.3, 0.4) is 0 Å². The van der Waals surface area contributed by atoms with Crippen LogP contribution in [0.1, 0.15) is 6.92 Å². The molecule has 0 spiro atoms. The zero-order valence-electron chi connectivity index (χ0n) is 8.17. The lowest BCUT2D eigenvalue weighted by atomic mass is 10.4. The molecule has 0 rings (SSSR count). The molecule has 0 aromatic heterocycles. The van der Waals surface area contributed by atoms with Gasteiger partial charge in [0.25, 0.3) is 0 Å². The molecule has 0 amide bonds. The number of rotatable bonds is 5. The first-order valence-electron chi connectivity index (χ1n) is 4.10. The molecule has 0 atom stereocenters. The third kappa shape index (κ3) is 4.91. The average molecular weight is 172 g/mol. The van der Waals surface area contributed by atoms with Crippen molar-refractivity contribution in [2.24, 2.45) is 0 Å². The van der Waals surface area contributed by atoms with Gasteiger partial charge in [-0.25, -0.2) is 4.79 Å². The lowest BCUT2D eigenvalue weighted by Gasteiger charge is -2.26. The van der Waals surface area contributed by atoms with Crippen LogP contribution in [0, 0.1) is 0 Å². The van der Waals surface area contributed by atoms with Crippen LogP contribution in [-0.2, 0) is 9.53 Å². The number of carbonyl (C=O) groups excluding carboxylic acids is 1. The molecule has 12 heavy (non-hydrogen) atoms. The molecule has 3 heteroatoms. The lowest BCUT2D eigenvalue weighted by molar-refractivity contribution is -0.877. The van der Waals surface area contributed by atoms with Gasteiger partial charge in [0.1, 0.15) is 0 Å². The van der Waals surface area contributed by atoms with E-state index < -0.39 is 0 Å². The minimum Gasteiger partial charge on any atom is -0.462 e. The molecule has 0 bridgehead atoms. The second kappa shape index (κ2) is 4.93. The van der Waals surface area contributed by atoms with Crippen molar-refractivity contribution in [3.8, 4) is 0 Å². The summed E-state index contributed by atoms with van der Waals surface area (Å²) in [4.78, 5) is 11.1. The van der Waals surface area contributed by atoms with Gasteiger partial charge >= 0.3 is 5.97 Å². The van der Waals surface area contributed by atoms with Gasteiger partial charge in [0.15, 0.2) is 6.54 Å². The van der Waals surface area contributed by atoms with Crippen LogP contribution in [-0.4, -0.2) is 44.2 Å². The highest BCUT2D eigenvalue weighted by Gasteiger charge is 2.18. The molecule has 0 saturated heterocycles. The Bertz CT molecular complexity index is 164. The highest BCUT2D eigenvalue weighted by molar-refractivity contribution is 5.70. The maximum Gasteiger partial charge on any atom is 0.361 e. The molecule has 3 nitrogen and oxygen atoms in total. The van der Waals surface area contributed by atoms with Crippen molar-refractivity contribution in [1.82, 2.24) is 0 Å². The standard InChI is InChI=1S/C9H18NO2/c1-5-7-10(3,4)8-9(11)12-6-2/h5H,1,6-8H2,2-4H3/q+1. The summed E-state index contributed by atoms with van der Waals surface area (Å²) < 4.78 is 5.43. The quantitative estimate of drug-likeness (QED) is 0.348. The number of carbonyl (C=O) groups is 1. The zero-order chi connectivity index (χ0) is 9.61. The summed E-state index contributed by atoms with van der Waals surface area (Å²) in [6.45, 7) is 7.07. The molecule has 0 fully saturated rings. The zero-order valence-corrected chi connectivity index (χ0v) is 8.17. The summed E-state index contributed by atoms with van der Waals surface area (Å²) >= 11 is 0. The van der Waals surface area contributed by atoms with Gasteiger partial charge in [0.05, 0.1) is 27.2 Å². The Hall–Kier alpha value is -0.830. The molecule has 0 radical (unpaired) electrons. The van der Waals surface area contributed by atoms with Crippen molar-refractivity contribution in [2.45, 2.75) is 6.92 Å². The highest BCUT2D eigenvalue weighted by atomic mass is 16.5. The summed E-state index contributed by atoms with van der Waals surface area (Å²) in [5, 5.41) is 0. The smallest absolute Gasteiger partial charge is 0.361 e. The molecule has 70 valence electrons. The number of hydrogen-bond acceptors (Lipinski definition) is 2. The molecule has 0 N–H and O–H groups in total. The van der Waals surface area contributed by atoms with Crippen LogP contribution < -0.4 is 0 Å². The third-order valence-electron chi connectivity index (χ3n) is 1.49. The fourth-order valence-corrected chi connectivity index (χ4v) is 0.970. The fourth-order valence-electron chi connectivity index (χ4n) is 0.970. The predicted molar refractivity (Wildman–Crippen MR) is 48.7 cm³/mol. The summed E-state index contributed by atoms with van der Waals surface area (Å²) in [6.07, 6.45) is 1.80. The number of ether oxygens (including phenoxy) is 1. The minimum absolute atomic E-state index is 0.149. The van der Waals surface area contributed by atoms with Crippen molar-refractivity contribution < 1.29 is 14.0 Å². The van der Waals surface area contributed by atoms with E-state index in [-0.39, 0.29) is 5.97 Å². The Morgan fingerprint density at radius 1 is 1.58 bits per heavy atom. The van der Waals surface area contributed by atoms with Crippen LogP contribution in [0.2, 0.25) is 0 Å². The Morgan fingerprint density at radius 2 is 2.17 bits per heavy atom. The molecule has 0 heterocycles. The molecular formula is C9H18NO2+. The van der Waals surface area contributed by atoms with Gasteiger partial charge < -0.3 is 9.22 Å². The summed E-state index contributed by atoms with van der Waals surface area (Å²) in [5.74, 6) is -0.149. The second-order valence-electron chi connectivity index (χ2n) is 3.37. The first-order chi connectivity index (χ1) is 5.52. The predicted octanol–water partition coefficient (Wildman–Crippen LogP) is 0.812. The van der Waals surface area contributed by atoms with E-state index in [1.54, 1.807) is 6.08 Å². The van der Waals surface area contributed by atoms with Crippen molar-refractivity contribution in [2.75, 3.05) is 33.8 Å². The number of likely N-dealkylation sites (N-methyl/N-ethyl adjacent to an activating group) is 1. The number of esters is 1. The third-order valence-corrected chi connectivity index (χ3v) is 1.49. The van der Waals surface area contributed by atoms with Crippen LogP contribution in [0.5, 0.6) is 0 Å². The first-order valence-corrected chi connectivity index (χ1v) is 4.10. The van der Waals surface area contributed by atoms with Crippen molar-refractivity contribution in [3.63, 3.8) is 0 Å². The van der Waals surface area contributed by atoms with Gasteiger partial charge in [0, 0.05) is 0 Å². The van der Waals surface area contributed by atoms with Crippen LogP contribution in [0.4, 0.5) is 0 Å². The summed E-state index contributed by atoms with van der Waals surface area (Å²) in [7, 11) is 3.94. The molecule has 0 saturated carbocycles. The van der Waals surface area contributed by atoms with Crippen molar-refractivity contribution in [1.29, 1.82) is 0 Å². The van der Waals surface area contributed by atoms with E-state index in [2.05, 4.69) is 6.58 Å². The van der Waals surface area contributed by atoms with E-state index in [0.717, 1.165) is 6.54 Å². The van der Waals surface area contributed by atoms with E-state index >= 15 is 0 Å². The number of nitrogens with zero attached hydrogens (tertiary/aromatic N) is 1. The molecular weight excluding hydrogens is 154 g/mol. The van der Waals surface area contributed by atoms with Crippen LogP contribution >= 0.6 is 0 Å². The summed E-state index contributed by atoms with van der Waals surface area (Å²) in [6, 6.07) is 0. The van der Waals surface area contributed by atoms with E-state index in [1.807, 2.05) is 21.0 Å². The maximum atomic E-state index is 11.1. The van der Waals surface area contributed by atoms with Gasteiger partial charge in [-0.15, -0.1) is 0 Å². The monoisotopic (exact) mass is 172 g/mol. The lowest BCUT2D eigenvalue weighted by Crippen LogP contribution is -2.44. The maximum absolute atomic E-state index is 11.1. The van der Waals surface area contributed by atoms with Crippen LogP contribution in [0.15, 0.2) is 12.7 Å². The average Bonchev–Trinajstić information content (AvgIpc) is 1.85. The van der Waals surface area contributed by atoms with E-state index in [0.29, 0.717) is 17.6 Å². The van der Waals surface area contributed by atoms with Gasteiger partial charge in [-0.2, -0.15) is 0 Å². The Morgan fingerprint density at radius 3 is 2.58 bits per heavy atom. The van der Waals surface area contributed by atoms with E-state index in [1.165, 1.54) is 0 Å². The van der Waals surface area contributed by atoms with Crippen molar-refractivity contribution in [3.05, 3.63) is 12.7 Å². The molecule has 0 aliphatic carbocycles. The van der Waals surface area contributed by atoms with Gasteiger partial charge in [0.2, 0.25) is 0 Å². The molecule has 0 aromatic rings. The normalized spacial score (nSPS) is 10.9. The summed E-state index contributed by atoms with van der Waals surface area (Å²) in [5.41, 5.74) is 0. The van der Waals surface area contributed by atoms with Gasteiger partial charge in [-0.05, 0) is 13.0 Å². The SMILES string of the molecule is C=CC[N+](C)(C)CC(=O)OCC. The molecule has 0 aliphatic heterocycles. The van der Waals surface area contributed by atoms with Crippen molar-refractivity contribution >= 4 is 5.97 Å².